The molecule has 0 atom stereocenters. The van der Waals surface area contributed by atoms with Gasteiger partial charge in [-0.05, 0) is 50.3 Å². The molecular formula is C19H29IN4O2. The number of amides is 1. The molecule has 1 aliphatic carbocycles. The highest BCUT2D eigenvalue weighted by atomic mass is 127. The van der Waals surface area contributed by atoms with Crippen LogP contribution in [0.15, 0.2) is 29.3 Å². The van der Waals surface area contributed by atoms with Crippen molar-refractivity contribution in [1.29, 1.82) is 0 Å². The average molecular weight is 472 g/mol. The van der Waals surface area contributed by atoms with Crippen molar-refractivity contribution in [2.24, 2.45) is 4.99 Å². The van der Waals surface area contributed by atoms with Crippen molar-refractivity contribution in [2.75, 3.05) is 26.2 Å². The van der Waals surface area contributed by atoms with Gasteiger partial charge in [-0.3, -0.25) is 4.79 Å². The Labute approximate surface area is 172 Å². The third kappa shape index (κ3) is 6.66. The average Bonchev–Trinajstić information content (AvgIpc) is 3.26. The van der Waals surface area contributed by atoms with E-state index >= 15 is 0 Å². The monoisotopic (exact) mass is 472 g/mol. The number of nitrogens with zero attached hydrogens (tertiary/aromatic N) is 2. The smallest absolute Gasteiger partial charge is 0.258 e. The normalized spacial score (nSPS) is 16.8. The molecular weight excluding hydrogens is 443 g/mol. The number of likely N-dealkylation sites (tertiary alicyclic amines) is 1. The molecule has 1 aromatic rings. The van der Waals surface area contributed by atoms with Crippen LogP contribution in [0.2, 0.25) is 0 Å². The first-order valence-electron chi connectivity index (χ1n) is 9.29. The zero-order valence-corrected chi connectivity index (χ0v) is 17.7. The third-order valence-corrected chi connectivity index (χ3v) is 4.36. The van der Waals surface area contributed by atoms with E-state index in [1.54, 1.807) is 0 Å². The van der Waals surface area contributed by atoms with Gasteiger partial charge in [-0.25, -0.2) is 4.99 Å². The third-order valence-electron chi connectivity index (χ3n) is 4.36. The summed E-state index contributed by atoms with van der Waals surface area (Å²) in [5, 5.41) is 6.29. The molecule has 144 valence electrons. The number of carbonyl (C=O) groups excluding carboxylic acids is 1. The summed E-state index contributed by atoms with van der Waals surface area (Å²) in [5.74, 6) is 1.65. The molecule has 2 aliphatic rings. The molecule has 2 N–H and O–H groups in total. The Kier molecular flexibility index (Phi) is 8.47. The lowest BCUT2D eigenvalue weighted by Gasteiger charge is -2.20. The number of ether oxygens (including phenoxy) is 1. The largest absolute Gasteiger partial charge is 0.484 e. The molecule has 0 spiro atoms. The number of hydrogen-bond acceptors (Lipinski definition) is 3. The van der Waals surface area contributed by atoms with E-state index in [9.17, 15) is 4.79 Å². The number of hydrogen-bond donors (Lipinski definition) is 2. The molecule has 1 aliphatic heterocycles. The number of aliphatic imine (C=N–C) groups is 1. The van der Waals surface area contributed by atoms with Gasteiger partial charge in [0.05, 0.1) is 6.54 Å². The number of guanidine groups is 1. The van der Waals surface area contributed by atoms with Crippen LogP contribution in [0.1, 0.15) is 38.2 Å². The van der Waals surface area contributed by atoms with Crippen LogP contribution in [-0.4, -0.2) is 49.0 Å². The molecule has 3 rings (SSSR count). The standard InChI is InChI=1S/C19H28N4O2.HI/c1-2-20-19(23-10-3-4-11-23)21-13-15-6-5-7-17(12-15)25-14-18(24)22-16-8-9-16;/h5-7,12,16H,2-4,8-11,13-14H2,1H3,(H,20,21)(H,22,24);1H. The SMILES string of the molecule is CCNC(=NCc1cccc(OCC(=O)NC2CC2)c1)N1CCCC1.I. The van der Waals surface area contributed by atoms with Crippen LogP contribution < -0.4 is 15.4 Å². The van der Waals surface area contributed by atoms with Crippen LogP contribution >= 0.6 is 24.0 Å². The molecule has 0 unspecified atom stereocenters. The van der Waals surface area contributed by atoms with Crippen molar-refractivity contribution in [3.8, 4) is 5.75 Å². The molecule has 2 fully saturated rings. The Balaban J connectivity index is 0.00000243. The molecule has 26 heavy (non-hydrogen) atoms. The summed E-state index contributed by atoms with van der Waals surface area (Å²) >= 11 is 0. The Bertz CT molecular complexity index is 613. The molecule has 1 aromatic carbocycles. The van der Waals surface area contributed by atoms with E-state index in [-0.39, 0.29) is 36.5 Å². The number of nitrogens with one attached hydrogen (secondary N) is 2. The Morgan fingerprint density at radius 2 is 2.08 bits per heavy atom. The number of rotatable bonds is 7. The zero-order valence-electron chi connectivity index (χ0n) is 15.4. The summed E-state index contributed by atoms with van der Waals surface area (Å²) in [5.41, 5.74) is 1.08. The minimum absolute atomic E-state index is 0. The molecule has 1 saturated carbocycles. The van der Waals surface area contributed by atoms with Gasteiger partial charge >= 0.3 is 0 Å². The van der Waals surface area contributed by atoms with Gasteiger partial charge in [0, 0.05) is 25.7 Å². The van der Waals surface area contributed by atoms with E-state index in [1.165, 1.54) is 12.8 Å². The van der Waals surface area contributed by atoms with Gasteiger partial charge in [-0.2, -0.15) is 0 Å². The van der Waals surface area contributed by atoms with Crippen molar-refractivity contribution < 1.29 is 9.53 Å². The predicted molar refractivity (Wildman–Crippen MR) is 114 cm³/mol. The lowest BCUT2D eigenvalue weighted by molar-refractivity contribution is -0.123. The maximum atomic E-state index is 11.7. The number of carbonyl (C=O) groups is 1. The topological polar surface area (TPSA) is 66.0 Å². The van der Waals surface area contributed by atoms with Crippen LogP contribution in [0.4, 0.5) is 0 Å². The van der Waals surface area contributed by atoms with Gasteiger partial charge in [0.25, 0.3) is 5.91 Å². The summed E-state index contributed by atoms with van der Waals surface area (Å²) in [4.78, 5) is 18.8. The van der Waals surface area contributed by atoms with Crippen molar-refractivity contribution in [2.45, 2.75) is 45.2 Å². The summed E-state index contributed by atoms with van der Waals surface area (Å²) in [6.45, 7) is 5.78. The second kappa shape index (κ2) is 10.6. The van der Waals surface area contributed by atoms with Crippen LogP contribution in [0.5, 0.6) is 5.75 Å². The van der Waals surface area contributed by atoms with E-state index in [2.05, 4.69) is 22.5 Å². The lowest BCUT2D eigenvalue weighted by atomic mass is 10.2. The van der Waals surface area contributed by atoms with Crippen molar-refractivity contribution in [3.63, 3.8) is 0 Å². The lowest BCUT2D eigenvalue weighted by Crippen LogP contribution is -2.39. The van der Waals surface area contributed by atoms with E-state index < -0.39 is 0 Å². The summed E-state index contributed by atoms with van der Waals surface area (Å²) in [7, 11) is 0. The fraction of sp³-hybridized carbons (Fsp3) is 0.579. The quantitative estimate of drug-likeness (QED) is 0.364. The molecule has 6 nitrogen and oxygen atoms in total. The molecule has 0 bridgehead atoms. The van der Waals surface area contributed by atoms with Crippen LogP contribution in [0.25, 0.3) is 0 Å². The Hall–Kier alpha value is -1.51. The van der Waals surface area contributed by atoms with Crippen molar-refractivity contribution >= 4 is 35.8 Å². The molecule has 1 saturated heterocycles. The van der Waals surface area contributed by atoms with Gasteiger partial charge in [0.2, 0.25) is 0 Å². The van der Waals surface area contributed by atoms with E-state index in [0.29, 0.717) is 18.3 Å². The highest BCUT2D eigenvalue weighted by molar-refractivity contribution is 14.0. The molecule has 7 heteroatoms. The first-order valence-corrected chi connectivity index (χ1v) is 9.29. The van der Waals surface area contributed by atoms with Crippen molar-refractivity contribution in [1.82, 2.24) is 15.5 Å². The van der Waals surface area contributed by atoms with E-state index in [0.717, 1.165) is 44.0 Å². The first kappa shape index (κ1) is 20.8. The maximum Gasteiger partial charge on any atom is 0.258 e. The molecule has 0 aromatic heterocycles. The zero-order chi connectivity index (χ0) is 17.5. The number of halogens is 1. The summed E-state index contributed by atoms with van der Waals surface area (Å²) in [6.07, 6.45) is 4.64. The Morgan fingerprint density at radius 1 is 1.31 bits per heavy atom. The highest BCUT2D eigenvalue weighted by Gasteiger charge is 2.23. The maximum absolute atomic E-state index is 11.7. The van der Waals surface area contributed by atoms with E-state index in [1.807, 2.05) is 24.3 Å². The van der Waals surface area contributed by atoms with Gasteiger partial charge in [-0.1, -0.05) is 12.1 Å². The van der Waals surface area contributed by atoms with Crippen LogP contribution in [-0.2, 0) is 11.3 Å². The first-order chi connectivity index (χ1) is 12.2. The minimum atomic E-state index is -0.0469. The summed E-state index contributed by atoms with van der Waals surface area (Å²) in [6, 6.07) is 8.19. The molecule has 1 amide bonds. The van der Waals surface area contributed by atoms with Gasteiger partial charge in [0.1, 0.15) is 5.75 Å². The second-order valence-corrected chi connectivity index (χ2v) is 6.64. The van der Waals surface area contributed by atoms with Gasteiger partial charge < -0.3 is 20.3 Å². The Morgan fingerprint density at radius 3 is 2.77 bits per heavy atom. The minimum Gasteiger partial charge on any atom is -0.484 e. The van der Waals surface area contributed by atoms with Gasteiger partial charge in [-0.15, -0.1) is 24.0 Å². The second-order valence-electron chi connectivity index (χ2n) is 6.64. The van der Waals surface area contributed by atoms with Crippen molar-refractivity contribution in [3.05, 3.63) is 29.8 Å². The van der Waals surface area contributed by atoms with Crippen LogP contribution in [0, 0.1) is 0 Å². The molecule has 1 heterocycles. The fourth-order valence-electron chi connectivity index (χ4n) is 2.90. The van der Waals surface area contributed by atoms with E-state index in [4.69, 9.17) is 9.73 Å². The molecule has 0 radical (unpaired) electrons. The highest BCUT2D eigenvalue weighted by Crippen LogP contribution is 2.19. The number of benzene rings is 1. The van der Waals surface area contributed by atoms with Gasteiger partial charge in [0.15, 0.2) is 12.6 Å². The van der Waals surface area contributed by atoms with Crippen LogP contribution in [0.3, 0.4) is 0 Å². The fourth-order valence-corrected chi connectivity index (χ4v) is 2.90. The predicted octanol–water partition coefficient (Wildman–Crippen LogP) is 2.52. The summed E-state index contributed by atoms with van der Waals surface area (Å²) < 4.78 is 5.60.